The molecule has 0 aromatic rings. The van der Waals surface area contributed by atoms with Gasteiger partial charge in [0.1, 0.15) is 30.5 Å². The van der Waals surface area contributed by atoms with Gasteiger partial charge in [0.2, 0.25) is 0 Å². The van der Waals surface area contributed by atoms with E-state index in [0.29, 0.717) is 108 Å². The minimum absolute atomic E-state index is 0.0266. The van der Waals surface area contributed by atoms with E-state index < -0.39 is 122 Å². The van der Waals surface area contributed by atoms with Gasteiger partial charge in [-0.3, -0.25) is 14.6 Å². The molecule has 1 saturated heterocycles. The van der Waals surface area contributed by atoms with Gasteiger partial charge in [0.25, 0.3) is 6.47 Å². The Labute approximate surface area is 463 Å². The van der Waals surface area contributed by atoms with E-state index in [1.807, 2.05) is 40.7 Å². The van der Waals surface area contributed by atoms with E-state index in [-0.39, 0.29) is 56.4 Å². The Bertz CT molecular complexity index is 1690. The molecule has 0 saturated carbocycles. The number of unbranched alkanes of at least 4 members (excludes halogenated alkanes) is 1. The van der Waals surface area contributed by atoms with Crippen LogP contribution in [0.3, 0.4) is 0 Å². The van der Waals surface area contributed by atoms with Crippen molar-refractivity contribution >= 4 is 18.4 Å². The number of guanidine groups is 1. The third-order valence-electron chi connectivity index (χ3n) is 15.2. The number of esters is 1. The number of nitrogens with two attached hydrogens (primary N) is 2. The van der Waals surface area contributed by atoms with E-state index >= 15 is 0 Å². The summed E-state index contributed by atoms with van der Waals surface area (Å²) in [5.41, 5.74) is 12.4. The van der Waals surface area contributed by atoms with E-state index in [2.05, 4.69) is 4.99 Å². The highest BCUT2D eigenvalue weighted by atomic mass is 16.7. The molecule has 0 aromatic carbocycles. The molecule has 16 unspecified atom stereocenters. The summed E-state index contributed by atoms with van der Waals surface area (Å²) in [6.07, 6.45) is -7.42. The first kappa shape index (κ1) is 73.1. The van der Waals surface area contributed by atoms with Crippen molar-refractivity contribution < 1.29 is 95.3 Å². The van der Waals surface area contributed by atoms with Gasteiger partial charge in [0, 0.05) is 24.8 Å². The summed E-state index contributed by atoms with van der Waals surface area (Å²) < 4.78 is 17.7. The van der Waals surface area contributed by atoms with Crippen LogP contribution in [0.15, 0.2) is 28.3 Å². The Hall–Kier alpha value is -2.91. The second-order valence-electron chi connectivity index (χ2n) is 22.3. The average molecular weight is 1120 g/mol. The zero-order valence-corrected chi connectivity index (χ0v) is 47.4. The lowest BCUT2D eigenvalue weighted by molar-refractivity contribution is -0.202. The molecule has 0 bridgehead atoms. The zero-order chi connectivity index (χ0) is 59.1. The third kappa shape index (κ3) is 29.2. The van der Waals surface area contributed by atoms with Crippen molar-refractivity contribution in [1.29, 1.82) is 0 Å². The molecule has 78 heavy (non-hydrogen) atoms. The maximum Gasteiger partial charge on any atom is 0.311 e. The second-order valence-corrected chi connectivity index (χ2v) is 22.3. The van der Waals surface area contributed by atoms with Crippen LogP contribution in [-0.2, 0) is 23.8 Å². The van der Waals surface area contributed by atoms with Gasteiger partial charge in [0.05, 0.1) is 73.6 Å². The van der Waals surface area contributed by atoms with E-state index in [1.54, 1.807) is 6.92 Å². The molecular formula is C56H105N3O19. The molecule has 2 aliphatic rings. The summed E-state index contributed by atoms with van der Waals surface area (Å²) in [6, 6.07) is 0. The van der Waals surface area contributed by atoms with Crippen molar-refractivity contribution in [2.75, 3.05) is 13.2 Å². The number of rotatable bonds is 12. The summed E-state index contributed by atoms with van der Waals surface area (Å²) in [5, 5.41) is 148. The van der Waals surface area contributed by atoms with Gasteiger partial charge in [-0.15, -0.1) is 0 Å². The van der Waals surface area contributed by atoms with Crippen LogP contribution in [0.5, 0.6) is 0 Å². The van der Waals surface area contributed by atoms with Gasteiger partial charge < -0.3 is 97.2 Å². The maximum absolute atomic E-state index is 14.2. The highest BCUT2D eigenvalue weighted by Gasteiger charge is 2.45. The van der Waals surface area contributed by atoms with Crippen molar-refractivity contribution in [3.63, 3.8) is 0 Å². The fourth-order valence-corrected chi connectivity index (χ4v) is 10.3. The van der Waals surface area contributed by atoms with Gasteiger partial charge in [-0.1, -0.05) is 64.7 Å². The zero-order valence-electron chi connectivity index (χ0n) is 47.4. The minimum Gasteiger partial charge on any atom is -0.483 e. The minimum atomic E-state index is -1.59. The van der Waals surface area contributed by atoms with Crippen molar-refractivity contribution in [2.24, 2.45) is 40.1 Å². The summed E-state index contributed by atoms with van der Waals surface area (Å²) in [6.45, 7) is 10.6. The fraction of sp³-hybridized carbons (Fsp3) is 0.875. The van der Waals surface area contributed by atoms with E-state index in [1.165, 1.54) is 6.08 Å². The number of ether oxygens (including phenoxy) is 3. The summed E-state index contributed by atoms with van der Waals surface area (Å²) in [5.74, 6) is -2.64. The molecule has 22 heteroatoms. The van der Waals surface area contributed by atoms with E-state index in [4.69, 9.17) is 35.6 Å². The predicted octanol–water partition coefficient (Wildman–Crippen LogP) is 1.95. The quantitative estimate of drug-likeness (QED) is 0.0331. The molecular weight excluding hydrogens is 1020 g/mol. The van der Waals surface area contributed by atoms with E-state index in [0.717, 1.165) is 12.0 Å². The van der Waals surface area contributed by atoms with Crippen LogP contribution in [-0.4, -0.2) is 201 Å². The van der Waals surface area contributed by atoms with Gasteiger partial charge in [-0.05, 0) is 134 Å². The summed E-state index contributed by atoms with van der Waals surface area (Å²) in [7, 11) is 0. The van der Waals surface area contributed by atoms with Crippen LogP contribution in [0.2, 0.25) is 0 Å². The SMILES string of the molecule is CCCCC1C(=O)OC(C(C)C(O)CCCN=C(N)N)C(C)/C=C(\C)CCCCC(O)CC(O)CC(O)CC(O)CC(O)C(O[C@H]2O[C@H](CO)[C@@H](O)[C@@H]2O)/C=C(\C)C(O)CCCC(O)CCCC(O)CCC(C)C1O.O=CO. The molecule has 2 rings (SSSR count). The second kappa shape index (κ2) is 40.3. The monoisotopic (exact) mass is 1120 g/mol. The number of hydrogen-bond acceptors (Lipinski definition) is 19. The smallest absolute Gasteiger partial charge is 0.311 e. The van der Waals surface area contributed by atoms with Crippen LogP contribution >= 0.6 is 0 Å². The lowest BCUT2D eigenvalue weighted by Gasteiger charge is -2.34. The summed E-state index contributed by atoms with van der Waals surface area (Å²) >= 11 is 0. The van der Waals surface area contributed by atoms with Gasteiger partial charge in [0.15, 0.2) is 12.2 Å². The third-order valence-corrected chi connectivity index (χ3v) is 15.2. The Kier molecular flexibility index (Phi) is 37.8. The Morgan fingerprint density at radius 1 is 0.756 bits per heavy atom. The number of nitrogens with zero attached hydrogens (tertiary/aromatic N) is 1. The molecule has 458 valence electrons. The topological polar surface area (TPSA) is 409 Å². The highest BCUT2D eigenvalue weighted by Crippen LogP contribution is 2.32. The van der Waals surface area contributed by atoms with Crippen molar-refractivity contribution in [3.05, 3.63) is 23.3 Å². The Morgan fingerprint density at radius 2 is 1.32 bits per heavy atom. The number of hydrogen-bond donors (Lipinski definition) is 16. The molecule has 20 atom stereocenters. The van der Waals surface area contributed by atoms with E-state index in [9.17, 15) is 71.2 Å². The highest BCUT2D eigenvalue weighted by molar-refractivity contribution is 5.75. The van der Waals surface area contributed by atoms with Gasteiger partial charge in [-0.2, -0.15) is 0 Å². The first-order valence-corrected chi connectivity index (χ1v) is 28.6. The number of aliphatic imine (C=N–C) groups is 1. The Morgan fingerprint density at radius 3 is 1.90 bits per heavy atom. The Balaban J connectivity index is 0.00000989. The van der Waals surface area contributed by atoms with Crippen LogP contribution in [0.25, 0.3) is 0 Å². The van der Waals surface area contributed by atoms with Gasteiger partial charge in [-0.25, -0.2) is 0 Å². The molecule has 0 radical (unpaired) electrons. The average Bonchev–Trinajstić information content (AvgIpc) is 3.64. The van der Waals surface area contributed by atoms with Crippen molar-refractivity contribution in [3.8, 4) is 0 Å². The number of carbonyl (C=O) groups is 2. The number of aliphatic hydroxyl groups is 13. The fourth-order valence-electron chi connectivity index (χ4n) is 10.3. The van der Waals surface area contributed by atoms with Crippen LogP contribution in [0, 0.1) is 23.7 Å². The molecule has 2 heterocycles. The number of carbonyl (C=O) groups excluding carboxylic acids is 1. The standard InChI is InChI=1S/C55H103N3O17.CH2O2/c1-7-8-19-43-49(69)33(3)22-23-38(61)17-11-16-37(60)18-12-20-44(66)34(4)26-47(73-54-51(71)50(70)48(31-59)74-54)46(68)30-42(65)29-41(64)28-40(63)27-39(62)15-10-9-14-32(2)25-35(5)52(75-53(43)72)36(6)45(67)21-13-24-58-55(56)57;2-1-3/h25-26,33,35-52,54,59-71H,7-24,27-31H2,1-6H3,(H4,56,57,58);1H,(H,2,3)/b32-25+,34-26+;/t33?,35?,36?,37?,38?,39?,40?,41?,42?,43?,44?,45?,46?,47?,48-,49?,50-,51+,52?,54+;/m1./s1. The molecule has 22 nitrogen and oxygen atoms in total. The largest absolute Gasteiger partial charge is 0.483 e. The number of aliphatic hydroxyl groups excluding tert-OH is 13. The normalized spacial score (nSPS) is 37.4. The lowest BCUT2D eigenvalue weighted by Crippen LogP contribution is -2.42. The molecule has 1 fully saturated rings. The van der Waals surface area contributed by atoms with Crippen LogP contribution in [0.4, 0.5) is 0 Å². The van der Waals surface area contributed by atoms with Crippen LogP contribution in [0.1, 0.15) is 176 Å². The number of cyclic esters (lactones) is 1. The maximum atomic E-state index is 14.2. The van der Waals surface area contributed by atoms with Crippen molar-refractivity contribution in [2.45, 2.75) is 274 Å². The first-order chi connectivity index (χ1) is 36.8. The number of carboxylic acid groups (broad SMARTS) is 1. The summed E-state index contributed by atoms with van der Waals surface area (Å²) in [4.78, 5) is 26.6. The lowest BCUT2D eigenvalue weighted by atomic mass is 9.84. The van der Waals surface area contributed by atoms with Crippen molar-refractivity contribution in [1.82, 2.24) is 0 Å². The van der Waals surface area contributed by atoms with Crippen LogP contribution < -0.4 is 11.5 Å². The number of allylic oxidation sites excluding steroid dienone is 1. The molecule has 0 aliphatic carbocycles. The molecule has 0 amide bonds. The van der Waals surface area contributed by atoms with Gasteiger partial charge >= 0.3 is 5.97 Å². The molecule has 0 spiro atoms. The molecule has 2 aliphatic heterocycles. The molecule has 18 N–H and O–H groups in total. The first-order valence-electron chi connectivity index (χ1n) is 28.6. The predicted molar refractivity (Wildman–Crippen MR) is 293 cm³/mol. The molecule has 0 aromatic heterocycles.